The molecule has 25 heavy (non-hydrogen) atoms. The number of hydrogen-bond donors (Lipinski definition) is 1. The smallest absolute Gasteiger partial charge is 0.308 e. The van der Waals surface area contributed by atoms with E-state index in [2.05, 4.69) is 10.1 Å². The molecule has 1 aromatic rings. The summed E-state index contributed by atoms with van der Waals surface area (Å²) in [6, 6.07) is 4.21. The molecule has 2 atom stereocenters. The summed E-state index contributed by atoms with van der Waals surface area (Å²) in [4.78, 5) is 58.6. The molecule has 1 saturated heterocycles. The second-order valence-corrected chi connectivity index (χ2v) is 5.23. The number of benzene rings is 1. The number of carbonyl (C=O) groups is 5. The third kappa shape index (κ3) is 4.00. The Morgan fingerprint density at radius 2 is 2.00 bits per heavy atom. The van der Waals surface area contributed by atoms with E-state index in [4.69, 9.17) is 4.74 Å². The highest BCUT2D eigenvalue weighted by atomic mass is 16.5. The first-order valence-electron chi connectivity index (χ1n) is 7.34. The maximum atomic E-state index is 12.5. The van der Waals surface area contributed by atoms with Gasteiger partial charge in [0, 0.05) is 6.42 Å². The maximum absolute atomic E-state index is 12.5. The van der Waals surface area contributed by atoms with E-state index in [-0.39, 0.29) is 25.1 Å². The molecule has 1 N–H and O–H groups in total. The van der Waals surface area contributed by atoms with E-state index in [1.54, 1.807) is 18.2 Å². The number of para-hydroxylation sites is 1. The maximum Gasteiger partial charge on any atom is 0.308 e. The Morgan fingerprint density at radius 3 is 2.64 bits per heavy atom. The molecule has 1 aliphatic rings. The van der Waals surface area contributed by atoms with Gasteiger partial charge in [-0.15, -0.1) is 0 Å². The third-order valence-corrected chi connectivity index (χ3v) is 3.78. The number of esters is 1. The van der Waals surface area contributed by atoms with Crippen molar-refractivity contribution in [2.45, 2.75) is 24.9 Å². The summed E-state index contributed by atoms with van der Waals surface area (Å²) < 4.78 is 9.31. The molecule has 1 heterocycles. The molecule has 0 aliphatic carbocycles. The summed E-state index contributed by atoms with van der Waals surface area (Å²) in [6.45, 7) is 0.254. The Morgan fingerprint density at radius 1 is 1.28 bits per heavy atom. The first-order chi connectivity index (χ1) is 12.0. The zero-order valence-corrected chi connectivity index (χ0v) is 13.3. The topological polar surface area (TPSA) is 119 Å². The van der Waals surface area contributed by atoms with E-state index in [1.807, 2.05) is 0 Å². The molecule has 132 valence electrons. The van der Waals surface area contributed by atoms with Gasteiger partial charge in [0.25, 0.3) is 12.4 Å². The second-order valence-electron chi connectivity index (χ2n) is 5.23. The molecule has 1 fully saturated rings. The molecule has 2 unspecified atom stereocenters. The van der Waals surface area contributed by atoms with E-state index < -0.39 is 36.3 Å². The fourth-order valence-corrected chi connectivity index (χ4v) is 2.54. The van der Waals surface area contributed by atoms with Crippen LogP contribution in [-0.4, -0.2) is 54.8 Å². The summed E-state index contributed by atoms with van der Waals surface area (Å²) in [5.41, 5.74) is 0.505. The van der Waals surface area contributed by atoms with Crippen LogP contribution in [0.25, 0.3) is 0 Å². The van der Waals surface area contributed by atoms with Crippen molar-refractivity contribution in [2.24, 2.45) is 0 Å². The van der Waals surface area contributed by atoms with Crippen LogP contribution in [0.15, 0.2) is 24.3 Å². The average Bonchev–Trinajstić information content (AvgIpc) is 2.61. The van der Waals surface area contributed by atoms with Crippen molar-refractivity contribution in [1.29, 1.82) is 0 Å². The molecular weight excluding hydrogens is 332 g/mol. The summed E-state index contributed by atoms with van der Waals surface area (Å²) in [7, 11) is 1.14. The van der Waals surface area contributed by atoms with Gasteiger partial charge in [-0.3, -0.25) is 28.9 Å². The molecule has 0 saturated carbocycles. The summed E-state index contributed by atoms with van der Waals surface area (Å²) in [5, 5.41) is 2.49. The Balaban J connectivity index is 2.21. The van der Waals surface area contributed by atoms with Gasteiger partial charge in [0.2, 0.25) is 12.3 Å². The van der Waals surface area contributed by atoms with Crippen LogP contribution in [0.2, 0.25) is 0 Å². The first kappa shape index (κ1) is 18.1. The number of amides is 3. The number of nitrogens with one attached hydrogen (secondary N) is 1. The Kier molecular flexibility index (Phi) is 5.83. The highest BCUT2D eigenvalue weighted by Crippen LogP contribution is 2.22. The predicted octanol–water partition coefficient (Wildman–Crippen LogP) is -0.821. The minimum absolute atomic E-state index is 0.0177. The number of nitrogens with zero attached hydrogens (tertiary/aromatic N) is 1. The number of ether oxygens (including phenoxy) is 2. The zero-order valence-electron chi connectivity index (χ0n) is 13.3. The lowest BCUT2D eigenvalue weighted by molar-refractivity contribution is -0.156. The molecule has 3 amide bonds. The fourth-order valence-electron chi connectivity index (χ4n) is 2.54. The Bertz CT molecular complexity index is 703. The Labute approximate surface area is 142 Å². The van der Waals surface area contributed by atoms with Crippen LogP contribution >= 0.6 is 0 Å². The van der Waals surface area contributed by atoms with Gasteiger partial charge in [-0.05, 0) is 11.6 Å². The molecule has 0 radical (unpaired) electrons. The lowest BCUT2D eigenvalue weighted by Gasteiger charge is -2.34. The minimum Gasteiger partial charge on any atom is -0.469 e. The highest BCUT2D eigenvalue weighted by molar-refractivity contribution is 6.03. The van der Waals surface area contributed by atoms with E-state index in [0.717, 1.165) is 7.11 Å². The van der Waals surface area contributed by atoms with Gasteiger partial charge in [0.1, 0.15) is 17.8 Å². The summed E-state index contributed by atoms with van der Waals surface area (Å²) in [6.07, 6.45) is -0.191. The third-order valence-electron chi connectivity index (χ3n) is 3.78. The monoisotopic (exact) mass is 348 g/mol. The number of methoxy groups -OCH3 is 1. The number of piperazine rings is 1. The molecule has 0 spiro atoms. The fraction of sp³-hybridized carbons (Fsp3) is 0.312. The van der Waals surface area contributed by atoms with Gasteiger partial charge in [0.15, 0.2) is 0 Å². The largest absolute Gasteiger partial charge is 0.469 e. The standard InChI is InChI=1S/C16H16N2O7/c1-24-14(21)7-12-15(22)17-11(16(23)18(12)8-19)6-10-4-2-3-5-13(10)25-9-20/h2-5,8-9,11-12H,6-7H2,1H3,(H,17,22). The minimum atomic E-state index is -1.25. The molecule has 0 bridgehead atoms. The van der Waals surface area contributed by atoms with Gasteiger partial charge in [-0.25, -0.2) is 0 Å². The van der Waals surface area contributed by atoms with Crippen LogP contribution in [0, 0.1) is 0 Å². The number of hydrogen-bond acceptors (Lipinski definition) is 7. The zero-order chi connectivity index (χ0) is 18.4. The van der Waals surface area contributed by atoms with Crippen molar-refractivity contribution in [3.8, 4) is 5.75 Å². The van der Waals surface area contributed by atoms with E-state index in [0.29, 0.717) is 10.5 Å². The quantitative estimate of drug-likeness (QED) is 0.505. The van der Waals surface area contributed by atoms with E-state index in [9.17, 15) is 24.0 Å². The van der Waals surface area contributed by atoms with Gasteiger partial charge in [-0.1, -0.05) is 18.2 Å². The normalized spacial score (nSPS) is 19.8. The van der Waals surface area contributed by atoms with Crippen molar-refractivity contribution in [2.75, 3.05) is 7.11 Å². The van der Waals surface area contributed by atoms with Crippen molar-refractivity contribution >= 4 is 30.7 Å². The van der Waals surface area contributed by atoms with Crippen LogP contribution in [-0.2, 0) is 35.1 Å². The predicted molar refractivity (Wildman–Crippen MR) is 82.1 cm³/mol. The average molecular weight is 348 g/mol. The van der Waals surface area contributed by atoms with Crippen LogP contribution < -0.4 is 10.1 Å². The van der Waals surface area contributed by atoms with Crippen molar-refractivity contribution in [3.63, 3.8) is 0 Å². The number of rotatable bonds is 7. The number of imide groups is 1. The van der Waals surface area contributed by atoms with Crippen LogP contribution in [0.3, 0.4) is 0 Å². The molecule has 1 aliphatic heterocycles. The molecule has 9 nitrogen and oxygen atoms in total. The van der Waals surface area contributed by atoms with Crippen LogP contribution in [0.4, 0.5) is 0 Å². The second kappa shape index (κ2) is 8.04. The van der Waals surface area contributed by atoms with Gasteiger partial charge in [-0.2, -0.15) is 0 Å². The molecular formula is C16H16N2O7. The van der Waals surface area contributed by atoms with Crippen molar-refractivity contribution < 1.29 is 33.4 Å². The van der Waals surface area contributed by atoms with Crippen molar-refractivity contribution in [1.82, 2.24) is 10.2 Å². The summed E-state index contributed by atoms with van der Waals surface area (Å²) >= 11 is 0. The lowest BCUT2D eigenvalue weighted by Crippen LogP contribution is -2.63. The van der Waals surface area contributed by atoms with Crippen LogP contribution in [0.5, 0.6) is 5.75 Å². The molecule has 2 rings (SSSR count). The Hall–Kier alpha value is -3.23. The SMILES string of the molecule is COC(=O)CC1C(=O)NC(Cc2ccccc2OC=O)C(=O)N1C=O. The molecule has 0 aromatic heterocycles. The molecule has 1 aromatic carbocycles. The van der Waals surface area contributed by atoms with Gasteiger partial charge >= 0.3 is 5.97 Å². The van der Waals surface area contributed by atoms with Crippen molar-refractivity contribution in [3.05, 3.63) is 29.8 Å². The highest BCUT2D eigenvalue weighted by Gasteiger charge is 2.42. The van der Waals surface area contributed by atoms with E-state index in [1.165, 1.54) is 6.07 Å². The molecule has 9 heteroatoms. The van der Waals surface area contributed by atoms with Gasteiger partial charge < -0.3 is 14.8 Å². The van der Waals surface area contributed by atoms with Gasteiger partial charge in [0.05, 0.1) is 13.5 Å². The van der Waals surface area contributed by atoms with E-state index >= 15 is 0 Å². The lowest BCUT2D eigenvalue weighted by atomic mass is 9.99. The first-order valence-corrected chi connectivity index (χ1v) is 7.34. The number of carbonyl (C=O) groups excluding carboxylic acids is 5. The summed E-state index contributed by atoms with van der Waals surface area (Å²) in [5.74, 6) is -1.78. The van der Waals surface area contributed by atoms with Crippen LogP contribution in [0.1, 0.15) is 12.0 Å².